The van der Waals surface area contributed by atoms with E-state index in [4.69, 9.17) is 0 Å². The summed E-state index contributed by atoms with van der Waals surface area (Å²) in [7, 11) is 1.93. The van der Waals surface area contributed by atoms with E-state index in [1.165, 1.54) is 11.3 Å². The van der Waals surface area contributed by atoms with E-state index in [9.17, 15) is 9.59 Å². The minimum Gasteiger partial charge on any atom is -0.341 e. The van der Waals surface area contributed by atoms with E-state index in [1.807, 2.05) is 34.8 Å². The Morgan fingerprint density at radius 1 is 1.30 bits per heavy atom. The first-order valence-corrected chi connectivity index (χ1v) is 10.1. The average molecular weight is 451 g/mol. The molecular weight excluding hydrogens is 427 g/mol. The maximum Gasteiger partial charge on any atom is 0.231 e. The predicted octanol–water partition coefficient (Wildman–Crippen LogP) is 2.98. The summed E-state index contributed by atoms with van der Waals surface area (Å²) in [4.78, 5) is 31.8. The maximum atomic E-state index is 12.4. The van der Waals surface area contributed by atoms with Crippen molar-refractivity contribution in [1.29, 1.82) is 0 Å². The molecule has 3 heterocycles. The SMILES string of the molecule is CNC1CCCN(C(=O)Cc2csc(NC(=O)Cc3cccs3)n2)C1.Cl.Cl. The number of halogens is 2. The number of nitrogens with zero attached hydrogens (tertiary/aromatic N) is 2. The second kappa shape index (κ2) is 11.6. The largest absolute Gasteiger partial charge is 0.341 e. The third-order valence-electron chi connectivity index (χ3n) is 4.23. The van der Waals surface area contributed by atoms with Gasteiger partial charge in [0.05, 0.1) is 18.5 Å². The number of rotatable bonds is 6. The highest BCUT2D eigenvalue weighted by molar-refractivity contribution is 7.14. The standard InChI is InChI=1S/C17H22N4O2S2.2ClH/c1-18-12-4-2-6-21(10-12)16(23)8-13-11-25-17(19-13)20-15(22)9-14-5-3-7-24-14;;/h3,5,7,11-12,18H,2,4,6,8-10H2,1H3,(H,19,20,22);2*1H. The molecule has 0 spiro atoms. The van der Waals surface area contributed by atoms with Gasteiger partial charge >= 0.3 is 0 Å². The Morgan fingerprint density at radius 3 is 2.81 bits per heavy atom. The summed E-state index contributed by atoms with van der Waals surface area (Å²) >= 11 is 2.92. The lowest BCUT2D eigenvalue weighted by atomic mass is 10.1. The summed E-state index contributed by atoms with van der Waals surface area (Å²) < 4.78 is 0. The lowest BCUT2D eigenvalue weighted by Crippen LogP contribution is -2.47. The maximum absolute atomic E-state index is 12.4. The number of likely N-dealkylation sites (N-methyl/N-ethyl adjacent to an activating group) is 1. The zero-order valence-electron chi connectivity index (χ0n) is 15.0. The fraction of sp³-hybridized carbons (Fsp3) is 0.471. The molecular formula is C17H24Cl2N4O2S2. The zero-order chi connectivity index (χ0) is 17.6. The molecule has 1 unspecified atom stereocenters. The van der Waals surface area contributed by atoms with Crippen LogP contribution in [0.15, 0.2) is 22.9 Å². The van der Waals surface area contributed by atoms with Gasteiger partial charge in [-0.3, -0.25) is 9.59 Å². The van der Waals surface area contributed by atoms with Gasteiger partial charge in [-0.25, -0.2) is 4.98 Å². The van der Waals surface area contributed by atoms with Crippen molar-refractivity contribution in [2.75, 3.05) is 25.5 Å². The van der Waals surface area contributed by atoms with E-state index >= 15 is 0 Å². The van der Waals surface area contributed by atoms with Crippen molar-refractivity contribution in [3.8, 4) is 0 Å². The molecule has 0 saturated carbocycles. The molecule has 1 fully saturated rings. The lowest BCUT2D eigenvalue weighted by molar-refractivity contribution is -0.131. The first kappa shape index (κ1) is 23.8. The van der Waals surface area contributed by atoms with Crippen LogP contribution in [0.25, 0.3) is 0 Å². The number of amides is 2. The highest BCUT2D eigenvalue weighted by Gasteiger charge is 2.23. The summed E-state index contributed by atoms with van der Waals surface area (Å²) in [5.41, 5.74) is 0.716. The van der Waals surface area contributed by atoms with Crippen LogP contribution < -0.4 is 10.6 Å². The quantitative estimate of drug-likeness (QED) is 0.708. The summed E-state index contributed by atoms with van der Waals surface area (Å²) in [6, 6.07) is 4.24. The van der Waals surface area contributed by atoms with Crippen LogP contribution in [0.2, 0.25) is 0 Å². The Morgan fingerprint density at radius 2 is 2.11 bits per heavy atom. The molecule has 2 aromatic heterocycles. The smallest absolute Gasteiger partial charge is 0.231 e. The van der Waals surface area contributed by atoms with Crippen LogP contribution >= 0.6 is 47.5 Å². The number of aromatic nitrogens is 1. The highest BCUT2D eigenvalue weighted by atomic mass is 35.5. The average Bonchev–Trinajstić information content (AvgIpc) is 3.27. The molecule has 0 bridgehead atoms. The van der Waals surface area contributed by atoms with E-state index in [1.54, 1.807) is 11.3 Å². The number of carbonyl (C=O) groups is 2. The van der Waals surface area contributed by atoms with Gasteiger partial charge in [-0.2, -0.15) is 0 Å². The third-order valence-corrected chi connectivity index (χ3v) is 5.91. The molecule has 150 valence electrons. The van der Waals surface area contributed by atoms with Crippen LogP contribution in [0.5, 0.6) is 0 Å². The van der Waals surface area contributed by atoms with E-state index in [-0.39, 0.29) is 43.0 Å². The number of hydrogen-bond acceptors (Lipinski definition) is 6. The van der Waals surface area contributed by atoms with Crippen LogP contribution in [0, 0.1) is 0 Å². The number of thiazole rings is 1. The summed E-state index contributed by atoms with van der Waals surface area (Å²) in [5.74, 6) is 0.0179. The van der Waals surface area contributed by atoms with Gasteiger partial charge in [0.2, 0.25) is 11.8 Å². The monoisotopic (exact) mass is 450 g/mol. The fourth-order valence-electron chi connectivity index (χ4n) is 2.89. The van der Waals surface area contributed by atoms with Crippen molar-refractivity contribution < 1.29 is 9.59 Å². The molecule has 2 aromatic rings. The van der Waals surface area contributed by atoms with Crippen LogP contribution in [0.4, 0.5) is 5.13 Å². The first-order chi connectivity index (χ1) is 12.1. The van der Waals surface area contributed by atoms with Crippen molar-refractivity contribution in [3.05, 3.63) is 33.5 Å². The number of hydrogen-bond donors (Lipinski definition) is 2. The van der Waals surface area contributed by atoms with Crippen molar-refractivity contribution in [3.63, 3.8) is 0 Å². The first-order valence-electron chi connectivity index (χ1n) is 8.35. The normalized spacial score (nSPS) is 16.2. The molecule has 1 saturated heterocycles. The van der Waals surface area contributed by atoms with Crippen LogP contribution in [0.3, 0.4) is 0 Å². The van der Waals surface area contributed by atoms with Crippen LogP contribution in [-0.4, -0.2) is 47.9 Å². The van der Waals surface area contributed by atoms with Crippen molar-refractivity contribution in [2.24, 2.45) is 0 Å². The summed E-state index contributed by atoms with van der Waals surface area (Å²) in [5, 5.41) is 10.4. The molecule has 0 aliphatic carbocycles. The molecule has 2 amide bonds. The number of carbonyl (C=O) groups excluding carboxylic acids is 2. The van der Waals surface area contributed by atoms with Gasteiger partial charge in [0.1, 0.15) is 0 Å². The Labute approximate surface area is 179 Å². The zero-order valence-corrected chi connectivity index (χ0v) is 18.2. The van der Waals surface area contributed by atoms with Gasteiger partial charge in [0.25, 0.3) is 0 Å². The molecule has 10 heteroatoms. The molecule has 0 aromatic carbocycles. The van der Waals surface area contributed by atoms with Crippen molar-refractivity contribution in [1.82, 2.24) is 15.2 Å². The highest BCUT2D eigenvalue weighted by Crippen LogP contribution is 2.18. The third kappa shape index (κ3) is 7.04. The Kier molecular flexibility index (Phi) is 10.3. The second-order valence-corrected chi connectivity index (χ2v) is 7.98. The van der Waals surface area contributed by atoms with E-state index in [2.05, 4.69) is 15.6 Å². The minimum atomic E-state index is -0.0810. The van der Waals surface area contributed by atoms with E-state index in [0.29, 0.717) is 23.3 Å². The molecule has 6 nitrogen and oxygen atoms in total. The number of nitrogens with one attached hydrogen (secondary N) is 2. The fourth-order valence-corrected chi connectivity index (χ4v) is 4.32. The molecule has 2 N–H and O–H groups in total. The van der Waals surface area contributed by atoms with Crippen molar-refractivity contribution >= 4 is 64.4 Å². The summed E-state index contributed by atoms with van der Waals surface area (Å²) in [6.07, 6.45) is 2.77. The van der Waals surface area contributed by atoms with Gasteiger partial charge in [0, 0.05) is 29.4 Å². The van der Waals surface area contributed by atoms with E-state index < -0.39 is 0 Å². The molecule has 27 heavy (non-hydrogen) atoms. The lowest BCUT2D eigenvalue weighted by Gasteiger charge is -2.32. The molecule has 0 radical (unpaired) electrons. The van der Waals surface area contributed by atoms with Crippen molar-refractivity contribution in [2.45, 2.75) is 31.7 Å². The number of thiophene rings is 1. The Balaban J connectivity index is 0.00000182. The molecule has 3 rings (SSSR count). The van der Waals surface area contributed by atoms with E-state index in [0.717, 1.165) is 30.8 Å². The topological polar surface area (TPSA) is 74.3 Å². The predicted molar refractivity (Wildman–Crippen MR) is 116 cm³/mol. The molecule has 1 aliphatic heterocycles. The second-order valence-electron chi connectivity index (χ2n) is 6.09. The number of likely N-dealkylation sites (tertiary alicyclic amines) is 1. The van der Waals surface area contributed by atoms with Gasteiger partial charge < -0.3 is 15.5 Å². The number of piperidine rings is 1. The summed E-state index contributed by atoms with van der Waals surface area (Å²) in [6.45, 7) is 1.56. The Hall–Kier alpha value is -1.19. The molecule has 1 atom stereocenters. The van der Waals surface area contributed by atoms with Gasteiger partial charge in [-0.1, -0.05) is 6.07 Å². The number of anilines is 1. The van der Waals surface area contributed by atoms with Gasteiger partial charge in [0.15, 0.2) is 5.13 Å². The Bertz CT molecular complexity index is 724. The van der Waals surface area contributed by atoms with Gasteiger partial charge in [-0.15, -0.1) is 47.5 Å². The van der Waals surface area contributed by atoms with Gasteiger partial charge in [-0.05, 0) is 31.3 Å². The molecule has 1 aliphatic rings. The van der Waals surface area contributed by atoms with Crippen LogP contribution in [-0.2, 0) is 22.4 Å². The van der Waals surface area contributed by atoms with Crippen LogP contribution in [0.1, 0.15) is 23.4 Å². The minimum absolute atomic E-state index is 0.